The van der Waals surface area contributed by atoms with E-state index in [1.165, 1.54) is 12.4 Å². The number of amides is 1. The molecule has 1 aromatic heterocycles. The first-order valence-electron chi connectivity index (χ1n) is 9.03. The van der Waals surface area contributed by atoms with Gasteiger partial charge in [-0.15, -0.1) is 0 Å². The van der Waals surface area contributed by atoms with Gasteiger partial charge in [0.2, 0.25) is 11.9 Å². The molecule has 0 spiro atoms. The molecule has 3 heterocycles. The number of aromatic nitrogens is 2. The van der Waals surface area contributed by atoms with Crippen LogP contribution < -0.4 is 10.2 Å². The van der Waals surface area contributed by atoms with Crippen molar-refractivity contribution in [2.45, 2.75) is 31.2 Å². The summed E-state index contributed by atoms with van der Waals surface area (Å²) in [5, 5.41) is 9.93. The second-order valence-electron chi connectivity index (χ2n) is 6.75. The van der Waals surface area contributed by atoms with Gasteiger partial charge in [-0.3, -0.25) is 4.79 Å². The number of nitrogens with zero attached hydrogens (tertiary/aromatic N) is 3. The molecule has 2 aliphatic heterocycles. The third kappa shape index (κ3) is 7.06. The van der Waals surface area contributed by atoms with E-state index in [0.29, 0.717) is 38.0 Å². The number of anilines is 1. The van der Waals surface area contributed by atoms with Crippen molar-refractivity contribution in [3.05, 3.63) is 18.2 Å². The molecule has 0 unspecified atom stereocenters. The lowest BCUT2D eigenvalue weighted by molar-refractivity contribution is -0.192. The molecule has 9 nitrogen and oxygen atoms in total. The zero-order chi connectivity index (χ0) is 22.3. The number of rotatable bonds is 6. The van der Waals surface area contributed by atoms with Gasteiger partial charge in [-0.25, -0.2) is 19.2 Å². The summed E-state index contributed by atoms with van der Waals surface area (Å²) >= 11 is 0. The largest absolute Gasteiger partial charge is 0.490 e. The molecule has 0 aliphatic carbocycles. The van der Waals surface area contributed by atoms with Crippen LogP contribution in [0.1, 0.15) is 12.8 Å². The Hall–Kier alpha value is -2.54. The Morgan fingerprint density at radius 3 is 2.50 bits per heavy atom. The zero-order valence-corrected chi connectivity index (χ0v) is 16.1. The Bertz CT molecular complexity index is 705. The van der Waals surface area contributed by atoms with E-state index in [-0.39, 0.29) is 18.1 Å². The number of halogens is 4. The number of carboxylic acid groups (broad SMARTS) is 1. The molecule has 1 amide bonds. The topological polar surface area (TPSA) is 114 Å². The Morgan fingerprint density at radius 1 is 1.33 bits per heavy atom. The molecule has 1 aromatic rings. The average Bonchev–Trinajstić information content (AvgIpc) is 3.20. The maximum Gasteiger partial charge on any atom is 0.490 e. The standard InChI is InChI=1S/C15H21FN4O3.C2HF3O2/c1-22-3-2-17-14(21)5-12-4-10-8-20(9-13(10)23-12)15-18-6-11(16)7-19-15;3-2(4,5)1(6)7/h6-7,10,12-13H,2-5,8-9H2,1H3,(H,17,21);(H,6,7)/t10-,12+,13+;/m0./s1. The van der Waals surface area contributed by atoms with Crippen LogP contribution >= 0.6 is 0 Å². The van der Waals surface area contributed by atoms with Gasteiger partial charge in [-0.1, -0.05) is 0 Å². The van der Waals surface area contributed by atoms with E-state index in [4.69, 9.17) is 19.4 Å². The summed E-state index contributed by atoms with van der Waals surface area (Å²) in [5.41, 5.74) is 0. The molecular formula is C17H22F4N4O5. The summed E-state index contributed by atoms with van der Waals surface area (Å²) in [4.78, 5) is 30.7. The number of methoxy groups -OCH3 is 1. The highest BCUT2D eigenvalue weighted by Crippen LogP contribution is 2.35. The number of hydrogen-bond donors (Lipinski definition) is 2. The highest BCUT2D eigenvalue weighted by molar-refractivity contribution is 5.76. The number of alkyl halides is 3. The molecule has 13 heteroatoms. The van der Waals surface area contributed by atoms with Gasteiger partial charge in [0, 0.05) is 32.7 Å². The van der Waals surface area contributed by atoms with Crippen LogP contribution in [0.3, 0.4) is 0 Å². The molecular weight excluding hydrogens is 416 g/mol. The van der Waals surface area contributed by atoms with E-state index in [9.17, 15) is 22.4 Å². The third-order valence-electron chi connectivity index (χ3n) is 4.49. The Balaban J connectivity index is 0.000000396. The second-order valence-corrected chi connectivity index (χ2v) is 6.75. The lowest BCUT2D eigenvalue weighted by atomic mass is 10.0. The van der Waals surface area contributed by atoms with Gasteiger partial charge in [-0.2, -0.15) is 13.2 Å². The predicted octanol–water partition coefficient (Wildman–Crippen LogP) is 0.995. The van der Waals surface area contributed by atoms with Gasteiger partial charge >= 0.3 is 12.1 Å². The van der Waals surface area contributed by atoms with Gasteiger partial charge in [-0.05, 0) is 6.42 Å². The number of carbonyl (C=O) groups is 2. The van der Waals surface area contributed by atoms with Gasteiger partial charge in [0.25, 0.3) is 0 Å². The summed E-state index contributed by atoms with van der Waals surface area (Å²) in [5.74, 6) is -2.32. The summed E-state index contributed by atoms with van der Waals surface area (Å²) in [6.07, 6.45) is -1.47. The van der Waals surface area contributed by atoms with Crippen molar-refractivity contribution >= 4 is 17.8 Å². The second kappa shape index (κ2) is 10.5. The van der Waals surface area contributed by atoms with E-state index in [2.05, 4.69) is 15.3 Å². The summed E-state index contributed by atoms with van der Waals surface area (Å²) in [6, 6.07) is 0. The number of carbonyl (C=O) groups excluding carboxylic acids is 1. The molecule has 2 aliphatic rings. The summed E-state index contributed by atoms with van der Waals surface area (Å²) in [7, 11) is 1.60. The maximum atomic E-state index is 12.9. The van der Waals surface area contributed by atoms with Crippen LogP contribution in [0, 0.1) is 11.7 Å². The quantitative estimate of drug-likeness (QED) is 0.500. The average molecular weight is 438 g/mol. The SMILES string of the molecule is COCCNC(=O)C[C@H]1C[C@H]2CN(c3ncc(F)cn3)C[C@H]2O1.O=C(O)C(F)(F)F. The molecule has 0 radical (unpaired) electrons. The predicted molar refractivity (Wildman–Crippen MR) is 94.2 cm³/mol. The molecule has 2 N–H and O–H groups in total. The minimum Gasteiger partial charge on any atom is -0.475 e. The first-order chi connectivity index (χ1) is 14.1. The number of aliphatic carboxylic acids is 1. The minimum absolute atomic E-state index is 0.00857. The summed E-state index contributed by atoms with van der Waals surface area (Å²) < 4.78 is 55.5. The van der Waals surface area contributed by atoms with Crippen molar-refractivity contribution in [2.24, 2.45) is 5.92 Å². The molecule has 3 rings (SSSR count). The van der Waals surface area contributed by atoms with Crippen LogP contribution in [-0.2, 0) is 19.1 Å². The molecule has 3 atom stereocenters. The van der Waals surface area contributed by atoms with Crippen molar-refractivity contribution in [2.75, 3.05) is 38.3 Å². The normalized spacial score (nSPS) is 22.8. The fourth-order valence-corrected chi connectivity index (χ4v) is 3.20. The molecule has 30 heavy (non-hydrogen) atoms. The van der Waals surface area contributed by atoms with Crippen LogP contribution in [0.2, 0.25) is 0 Å². The Labute approximate surface area is 169 Å². The minimum atomic E-state index is -5.08. The van der Waals surface area contributed by atoms with Gasteiger partial charge in [0.15, 0.2) is 5.82 Å². The van der Waals surface area contributed by atoms with Crippen molar-refractivity contribution in [1.82, 2.24) is 15.3 Å². The third-order valence-corrected chi connectivity index (χ3v) is 4.49. The van der Waals surface area contributed by atoms with E-state index in [0.717, 1.165) is 13.0 Å². The first kappa shape index (κ1) is 23.7. The number of hydrogen-bond acceptors (Lipinski definition) is 7. The van der Waals surface area contributed by atoms with E-state index in [1.807, 2.05) is 4.90 Å². The number of carboxylic acids is 1. The van der Waals surface area contributed by atoms with E-state index < -0.39 is 18.0 Å². The molecule has 168 valence electrons. The van der Waals surface area contributed by atoms with Gasteiger partial charge in [0.1, 0.15) is 0 Å². The van der Waals surface area contributed by atoms with Crippen LogP contribution in [0.15, 0.2) is 12.4 Å². The van der Waals surface area contributed by atoms with Crippen LogP contribution in [0.4, 0.5) is 23.5 Å². The molecule has 0 saturated carbocycles. The monoisotopic (exact) mass is 438 g/mol. The van der Waals surface area contributed by atoms with Crippen LogP contribution in [0.25, 0.3) is 0 Å². The first-order valence-corrected chi connectivity index (χ1v) is 9.03. The number of ether oxygens (including phenoxy) is 2. The van der Waals surface area contributed by atoms with E-state index >= 15 is 0 Å². The van der Waals surface area contributed by atoms with Crippen molar-refractivity contribution in [3.8, 4) is 0 Å². The highest BCUT2D eigenvalue weighted by atomic mass is 19.4. The van der Waals surface area contributed by atoms with Gasteiger partial charge in [0.05, 0.1) is 37.6 Å². The highest BCUT2D eigenvalue weighted by Gasteiger charge is 2.43. The molecule has 0 aromatic carbocycles. The van der Waals surface area contributed by atoms with Crippen LogP contribution in [0.5, 0.6) is 0 Å². The van der Waals surface area contributed by atoms with Crippen molar-refractivity contribution < 1.29 is 41.7 Å². The zero-order valence-electron chi connectivity index (χ0n) is 16.1. The lowest BCUT2D eigenvalue weighted by Crippen LogP contribution is -2.31. The van der Waals surface area contributed by atoms with E-state index in [1.54, 1.807) is 7.11 Å². The lowest BCUT2D eigenvalue weighted by Gasteiger charge is -2.19. The Morgan fingerprint density at radius 2 is 1.97 bits per heavy atom. The molecule has 2 fully saturated rings. The Kier molecular flexibility index (Phi) is 8.29. The van der Waals surface area contributed by atoms with Gasteiger partial charge < -0.3 is 24.8 Å². The van der Waals surface area contributed by atoms with Crippen molar-refractivity contribution in [1.29, 1.82) is 0 Å². The fraction of sp³-hybridized carbons (Fsp3) is 0.647. The number of fused-ring (bicyclic) bond motifs is 1. The maximum absolute atomic E-state index is 12.9. The van der Waals surface area contributed by atoms with Crippen LogP contribution in [-0.4, -0.2) is 78.7 Å². The van der Waals surface area contributed by atoms with Crippen molar-refractivity contribution in [3.63, 3.8) is 0 Å². The summed E-state index contributed by atoms with van der Waals surface area (Å²) in [6.45, 7) is 2.48. The smallest absolute Gasteiger partial charge is 0.475 e. The fourth-order valence-electron chi connectivity index (χ4n) is 3.20. The molecule has 0 bridgehead atoms. The molecule has 2 saturated heterocycles. The number of nitrogens with one attached hydrogen (secondary N) is 1.